The zero-order valence-corrected chi connectivity index (χ0v) is 15.3. The highest BCUT2D eigenvalue weighted by molar-refractivity contribution is 7.92. The van der Waals surface area contributed by atoms with Gasteiger partial charge in [0.2, 0.25) is 0 Å². The first-order chi connectivity index (χ1) is 13.0. The van der Waals surface area contributed by atoms with Gasteiger partial charge in [0.05, 0.1) is 4.90 Å². The first-order valence-electron chi connectivity index (χ1n) is 8.69. The van der Waals surface area contributed by atoms with Crippen LogP contribution in [0, 0.1) is 0 Å². The molecule has 0 aromatic heterocycles. The number of rotatable bonds is 5. The van der Waals surface area contributed by atoms with Gasteiger partial charge in [-0.2, -0.15) is 0 Å². The molecule has 0 radical (unpaired) electrons. The first-order valence-corrected chi connectivity index (χ1v) is 10.2. The summed E-state index contributed by atoms with van der Waals surface area (Å²) in [7, 11) is -3.70. The third-order valence-corrected chi connectivity index (χ3v) is 5.72. The number of urea groups is 1. The summed E-state index contributed by atoms with van der Waals surface area (Å²) in [5, 5.41) is 7.40. The number of hydrogen-bond acceptors (Lipinski definition) is 3. The van der Waals surface area contributed by atoms with Crippen LogP contribution in [0.25, 0.3) is 10.8 Å². The number of carbonyl (C=O) groups is 1. The van der Waals surface area contributed by atoms with Gasteiger partial charge >= 0.3 is 6.03 Å². The molecular formula is C20H19N3O3S. The lowest BCUT2D eigenvalue weighted by Gasteiger charge is -2.10. The molecule has 3 N–H and O–H groups in total. The van der Waals surface area contributed by atoms with Gasteiger partial charge in [-0.15, -0.1) is 0 Å². The fraction of sp³-hybridized carbons (Fsp3) is 0.150. The van der Waals surface area contributed by atoms with E-state index >= 15 is 0 Å². The van der Waals surface area contributed by atoms with Gasteiger partial charge in [-0.05, 0) is 60.0 Å². The van der Waals surface area contributed by atoms with E-state index in [1.165, 1.54) is 0 Å². The molecule has 0 heterocycles. The highest BCUT2D eigenvalue weighted by atomic mass is 32.2. The minimum absolute atomic E-state index is 0.201. The lowest BCUT2D eigenvalue weighted by Crippen LogP contribution is -2.30. The molecule has 4 rings (SSSR count). The molecule has 0 bridgehead atoms. The van der Waals surface area contributed by atoms with Crippen LogP contribution in [0.5, 0.6) is 0 Å². The van der Waals surface area contributed by atoms with Crippen LogP contribution < -0.4 is 15.4 Å². The summed E-state index contributed by atoms with van der Waals surface area (Å²) in [5.74, 6) is 0. The molecule has 3 aromatic rings. The van der Waals surface area contributed by atoms with Gasteiger partial charge in [0.1, 0.15) is 0 Å². The van der Waals surface area contributed by atoms with Gasteiger partial charge in [-0.1, -0.05) is 30.3 Å². The number of sulfonamides is 1. The number of nitrogens with one attached hydrogen (secondary N) is 3. The summed E-state index contributed by atoms with van der Waals surface area (Å²) in [6.07, 6.45) is 2.03. The Kier molecular flexibility index (Phi) is 4.45. The molecule has 0 atom stereocenters. The van der Waals surface area contributed by atoms with Gasteiger partial charge in [0.15, 0.2) is 0 Å². The highest BCUT2D eigenvalue weighted by Crippen LogP contribution is 2.23. The van der Waals surface area contributed by atoms with Crippen LogP contribution in [-0.2, 0) is 10.0 Å². The van der Waals surface area contributed by atoms with E-state index in [2.05, 4.69) is 15.4 Å². The smallest absolute Gasteiger partial charge is 0.319 e. The topological polar surface area (TPSA) is 87.3 Å². The second kappa shape index (κ2) is 6.92. The molecule has 2 amide bonds. The lowest BCUT2D eigenvalue weighted by molar-refractivity contribution is 0.251. The number of fused-ring (bicyclic) bond motifs is 1. The van der Waals surface area contributed by atoms with Crippen molar-refractivity contribution in [1.82, 2.24) is 5.32 Å². The van der Waals surface area contributed by atoms with Crippen molar-refractivity contribution >= 4 is 38.2 Å². The Hall–Kier alpha value is -3.06. The Balaban J connectivity index is 1.47. The molecule has 0 aliphatic heterocycles. The van der Waals surface area contributed by atoms with Crippen molar-refractivity contribution in [2.24, 2.45) is 0 Å². The number of hydrogen-bond donors (Lipinski definition) is 3. The average Bonchev–Trinajstić information content (AvgIpc) is 3.46. The SMILES string of the molecule is O=C(Nc1ccc(NS(=O)(=O)c2ccc3ccccc3c2)cc1)NC1CC1. The summed E-state index contributed by atoms with van der Waals surface area (Å²) in [4.78, 5) is 11.9. The van der Waals surface area contributed by atoms with Crippen LogP contribution >= 0.6 is 0 Å². The van der Waals surface area contributed by atoms with Crippen LogP contribution in [0.4, 0.5) is 16.2 Å². The molecule has 27 heavy (non-hydrogen) atoms. The van der Waals surface area contributed by atoms with Crippen LogP contribution in [0.3, 0.4) is 0 Å². The maximum atomic E-state index is 12.6. The first kappa shape index (κ1) is 17.4. The molecule has 3 aromatic carbocycles. The van der Waals surface area contributed by atoms with E-state index in [1.54, 1.807) is 42.5 Å². The van der Waals surface area contributed by atoms with Crippen molar-refractivity contribution in [1.29, 1.82) is 0 Å². The second-order valence-electron chi connectivity index (χ2n) is 6.56. The van der Waals surface area contributed by atoms with E-state index in [0.717, 1.165) is 23.6 Å². The van der Waals surface area contributed by atoms with Crippen LogP contribution in [0.2, 0.25) is 0 Å². The standard InChI is InChI=1S/C20H19N3O3S/c24-20(21-16-6-7-16)22-17-8-10-18(11-9-17)23-27(25,26)19-12-5-14-3-1-2-4-15(14)13-19/h1-5,8-13,16,23H,6-7H2,(H2,21,22,24). The molecule has 0 unspecified atom stereocenters. The van der Waals surface area contributed by atoms with Gasteiger partial charge in [0, 0.05) is 17.4 Å². The summed E-state index contributed by atoms with van der Waals surface area (Å²) in [6, 6.07) is 19.2. The lowest BCUT2D eigenvalue weighted by atomic mass is 10.1. The molecule has 6 nitrogen and oxygen atoms in total. The fourth-order valence-electron chi connectivity index (χ4n) is 2.75. The van der Waals surface area contributed by atoms with Crippen molar-refractivity contribution in [3.63, 3.8) is 0 Å². The second-order valence-corrected chi connectivity index (χ2v) is 8.25. The normalized spacial score (nSPS) is 13.9. The van der Waals surface area contributed by atoms with E-state index in [4.69, 9.17) is 0 Å². The van der Waals surface area contributed by atoms with Crippen molar-refractivity contribution in [3.05, 3.63) is 66.7 Å². The monoisotopic (exact) mass is 381 g/mol. The number of carbonyl (C=O) groups excluding carboxylic acids is 1. The largest absolute Gasteiger partial charge is 0.335 e. The molecule has 0 spiro atoms. The molecule has 1 aliphatic rings. The molecule has 1 saturated carbocycles. The molecule has 138 valence electrons. The van der Waals surface area contributed by atoms with E-state index in [9.17, 15) is 13.2 Å². The van der Waals surface area contributed by atoms with Crippen LogP contribution in [0.15, 0.2) is 71.6 Å². The molecule has 7 heteroatoms. The van der Waals surface area contributed by atoms with Crippen molar-refractivity contribution < 1.29 is 13.2 Å². The Bertz CT molecular complexity index is 1090. The summed E-state index contributed by atoms with van der Waals surface area (Å²) in [5.41, 5.74) is 1.03. The zero-order valence-electron chi connectivity index (χ0n) is 14.5. The minimum atomic E-state index is -3.70. The van der Waals surface area contributed by atoms with Crippen molar-refractivity contribution in [2.75, 3.05) is 10.0 Å². The summed E-state index contributed by atoms with van der Waals surface area (Å²) < 4.78 is 27.9. The third-order valence-electron chi connectivity index (χ3n) is 4.34. The number of amides is 2. The fourth-order valence-corrected chi connectivity index (χ4v) is 3.84. The molecule has 1 aliphatic carbocycles. The van der Waals surface area contributed by atoms with Gasteiger partial charge in [-0.3, -0.25) is 4.72 Å². The maximum Gasteiger partial charge on any atom is 0.319 e. The van der Waals surface area contributed by atoms with Gasteiger partial charge in [0.25, 0.3) is 10.0 Å². The summed E-state index contributed by atoms with van der Waals surface area (Å²) >= 11 is 0. The molecule has 0 saturated heterocycles. The average molecular weight is 381 g/mol. The van der Waals surface area contributed by atoms with Crippen LogP contribution in [0.1, 0.15) is 12.8 Å². The Morgan fingerprint density at radius 1 is 0.852 bits per heavy atom. The maximum absolute atomic E-state index is 12.6. The van der Waals surface area contributed by atoms with Gasteiger partial charge in [-0.25, -0.2) is 13.2 Å². The predicted octanol–water partition coefficient (Wildman–Crippen LogP) is 3.92. The van der Waals surface area contributed by atoms with E-state index in [0.29, 0.717) is 11.4 Å². The van der Waals surface area contributed by atoms with E-state index in [-0.39, 0.29) is 17.0 Å². The zero-order chi connectivity index (χ0) is 18.9. The van der Waals surface area contributed by atoms with Gasteiger partial charge < -0.3 is 10.6 Å². The third kappa shape index (κ3) is 4.20. The van der Waals surface area contributed by atoms with Crippen molar-refractivity contribution in [2.45, 2.75) is 23.8 Å². The highest BCUT2D eigenvalue weighted by Gasteiger charge is 2.23. The summed E-state index contributed by atoms with van der Waals surface area (Å²) in [6.45, 7) is 0. The molecular weight excluding hydrogens is 362 g/mol. The Morgan fingerprint density at radius 3 is 2.22 bits per heavy atom. The van der Waals surface area contributed by atoms with E-state index in [1.807, 2.05) is 24.3 Å². The van der Waals surface area contributed by atoms with Crippen LogP contribution in [-0.4, -0.2) is 20.5 Å². The minimum Gasteiger partial charge on any atom is -0.335 e. The Morgan fingerprint density at radius 2 is 1.52 bits per heavy atom. The van der Waals surface area contributed by atoms with Crippen molar-refractivity contribution in [3.8, 4) is 0 Å². The molecule has 1 fully saturated rings. The Labute approximate surface area is 157 Å². The quantitative estimate of drug-likeness (QED) is 0.626. The number of anilines is 2. The predicted molar refractivity (Wildman–Crippen MR) is 106 cm³/mol. The number of benzene rings is 3. The van der Waals surface area contributed by atoms with E-state index < -0.39 is 10.0 Å².